The SMILES string of the molecule is CCCC(CCO)CN=C(NCC)NCCC(=O)NC1CCCC1.I. The number of halogens is 1. The second kappa shape index (κ2) is 15.7. The normalized spacial score (nSPS) is 16.2. The molecular formula is C18H37IN4O2. The van der Waals surface area contributed by atoms with Crippen LogP contribution in [-0.4, -0.2) is 49.3 Å². The molecule has 0 aromatic carbocycles. The van der Waals surface area contributed by atoms with Crippen LogP contribution in [0.2, 0.25) is 0 Å². The van der Waals surface area contributed by atoms with Crippen LogP contribution in [0, 0.1) is 5.92 Å². The van der Waals surface area contributed by atoms with Gasteiger partial charge in [-0.3, -0.25) is 9.79 Å². The number of nitrogens with one attached hydrogen (secondary N) is 3. The van der Waals surface area contributed by atoms with Crippen LogP contribution in [0.15, 0.2) is 4.99 Å². The third-order valence-corrected chi connectivity index (χ3v) is 4.45. The Morgan fingerprint density at radius 2 is 1.92 bits per heavy atom. The Labute approximate surface area is 170 Å². The molecule has 1 atom stereocenters. The fraction of sp³-hybridized carbons (Fsp3) is 0.889. The lowest BCUT2D eigenvalue weighted by Crippen LogP contribution is -2.40. The third-order valence-electron chi connectivity index (χ3n) is 4.45. The maximum atomic E-state index is 11.9. The molecule has 4 N–H and O–H groups in total. The van der Waals surface area contributed by atoms with Gasteiger partial charge in [0.15, 0.2) is 5.96 Å². The minimum absolute atomic E-state index is 0. The Kier molecular flexibility index (Phi) is 15.3. The lowest BCUT2D eigenvalue weighted by atomic mass is 10.0. The van der Waals surface area contributed by atoms with Crippen LogP contribution in [-0.2, 0) is 4.79 Å². The molecule has 1 aliphatic carbocycles. The quantitative estimate of drug-likeness (QED) is 0.213. The summed E-state index contributed by atoms with van der Waals surface area (Å²) in [6, 6.07) is 0.382. The predicted octanol–water partition coefficient (Wildman–Crippen LogP) is 2.41. The summed E-state index contributed by atoms with van der Waals surface area (Å²) in [7, 11) is 0. The van der Waals surface area contributed by atoms with E-state index in [9.17, 15) is 4.79 Å². The molecule has 1 aliphatic rings. The van der Waals surface area contributed by atoms with E-state index < -0.39 is 0 Å². The molecule has 0 aromatic heterocycles. The number of amides is 1. The number of aliphatic hydroxyl groups is 1. The van der Waals surface area contributed by atoms with Gasteiger partial charge in [0.05, 0.1) is 0 Å². The molecule has 0 saturated heterocycles. The minimum Gasteiger partial charge on any atom is -0.396 e. The van der Waals surface area contributed by atoms with Crippen molar-refractivity contribution in [2.45, 2.75) is 71.3 Å². The third kappa shape index (κ3) is 11.6. The molecule has 0 spiro atoms. The monoisotopic (exact) mass is 468 g/mol. The first-order valence-corrected chi connectivity index (χ1v) is 9.61. The first-order chi connectivity index (χ1) is 11.7. The largest absolute Gasteiger partial charge is 0.396 e. The number of aliphatic imine (C=N–C) groups is 1. The fourth-order valence-corrected chi connectivity index (χ4v) is 3.14. The molecule has 0 bridgehead atoms. The van der Waals surface area contributed by atoms with Gasteiger partial charge in [-0.1, -0.05) is 26.2 Å². The fourth-order valence-electron chi connectivity index (χ4n) is 3.14. The number of nitrogens with zero attached hydrogens (tertiary/aromatic N) is 1. The lowest BCUT2D eigenvalue weighted by molar-refractivity contribution is -0.121. The Hall–Kier alpha value is -0.570. The Morgan fingerprint density at radius 1 is 1.20 bits per heavy atom. The summed E-state index contributed by atoms with van der Waals surface area (Å²) in [5.74, 6) is 1.29. The summed E-state index contributed by atoms with van der Waals surface area (Å²) in [5.41, 5.74) is 0. The van der Waals surface area contributed by atoms with Crippen LogP contribution in [0.4, 0.5) is 0 Å². The van der Waals surface area contributed by atoms with Crippen molar-refractivity contribution in [2.24, 2.45) is 10.9 Å². The first-order valence-electron chi connectivity index (χ1n) is 9.61. The van der Waals surface area contributed by atoms with Crippen LogP contribution < -0.4 is 16.0 Å². The molecule has 1 amide bonds. The van der Waals surface area contributed by atoms with Crippen molar-refractivity contribution in [3.8, 4) is 0 Å². The van der Waals surface area contributed by atoms with Gasteiger partial charge < -0.3 is 21.1 Å². The molecule has 0 radical (unpaired) electrons. The highest BCUT2D eigenvalue weighted by Gasteiger charge is 2.16. The van der Waals surface area contributed by atoms with E-state index in [2.05, 4.69) is 27.9 Å². The average Bonchev–Trinajstić information content (AvgIpc) is 3.05. The van der Waals surface area contributed by atoms with E-state index in [1.165, 1.54) is 12.8 Å². The van der Waals surface area contributed by atoms with Gasteiger partial charge in [-0.15, -0.1) is 24.0 Å². The van der Waals surface area contributed by atoms with Crippen LogP contribution in [0.3, 0.4) is 0 Å². The summed E-state index contributed by atoms with van der Waals surface area (Å²) >= 11 is 0. The van der Waals surface area contributed by atoms with E-state index in [1.807, 2.05) is 6.92 Å². The van der Waals surface area contributed by atoms with Crippen molar-refractivity contribution in [3.63, 3.8) is 0 Å². The number of hydrogen-bond donors (Lipinski definition) is 4. The van der Waals surface area contributed by atoms with Gasteiger partial charge >= 0.3 is 0 Å². The molecule has 0 aliphatic heterocycles. The molecule has 1 unspecified atom stereocenters. The maximum Gasteiger partial charge on any atom is 0.221 e. The average molecular weight is 468 g/mol. The number of guanidine groups is 1. The zero-order chi connectivity index (χ0) is 17.6. The highest BCUT2D eigenvalue weighted by Crippen LogP contribution is 2.17. The van der Waals surface area contributed by atoms with E-state index in [0.717, 1.165) is 44.6 Å². The van der Waals surface area contributed by atoms with Gasteiger partial charge in [-0.25, -0.2) is 0 Å². The maximum absolute atomic E-state index is 11.9. The second-order valence-electron chi connectivity index (χ2n) is 6.61. The highest BCUT2D eigenvalue weighted by molar-refractivity contribution is 14.0. The summed E-state index contributed by atoms with van der Waals surface area (Å²) in [5, 5.41) is 18.7. The van der Waals surface area contributed by atoms with Crippen LogP contribution >= 0.6 is 24.0 Å². The van der Waals surface area contributed by atoms with E-state index in [1.54, 1.807) is 0 Å². The van der Waals surface area contributed by atoms with Crippen LogP contribution in [0.1, 0.15) is 65.2 Å². The van der Waals surface area contributed by atoms with E-state index >= 15 is 0 Å². The van der Waals surface area contributed by atoms with Gasteiger partial charge in [-0.2, -0.15) is 0 Å². The van der Waals surface area contributed by atoms with Crippen molar-refractivity contribution in [2.75, 3.05) is 26.2 Å². The van der Waals surface area contributed by atoms with E-state index in [-0.39, 0.29) is 36.5 Å². The van der Waals surface area contributed by atoms with Crippen molar-refractivity contribution < 1.29 is 9.90 Å². The molecule has 0 heterocycles. The molecule has 1 rings (SSSR count). The zero-order valence-corrected chi connectivity index (χ0v) is 18.2. The summed E-state index contributed by atoms with van der Waals surface area (Å²) < 4.78 is 0. The molecule has 148 valence electrons. The Bertz CT molecular complexity index is 368. The van der Waals surface area contributed by atoms with Gasteiger partial charge in [0.2, 0.25) is 5.91 Å². The predicted molar refractivity (Wildman–Crippen MR) is 115 cm³/mol. The molecule has 0 aromatic rings. The summed E-state index contributed by atoms with van der Waals surface area (Å²) in [4.78, 5) is 16.5. The van der Waals surface area contributed by atoms with Gasteiger partial charge in [-0.05, 0) is 38.5 Å². The summed E-state index contributed by atoms with van der Waals surface area (Å²) in [6.07, 6.45) is 8.13. The minimum atomic E-state index is 0. The Morgan fingerprint density at radius 3 is 2.52 bits per heavy atom. The number of aliphatic hydroxyl groups excluding tert-OH is 1. The zero-order valence-electron chi connectivity index (χ0n) is 15.9. The Balaban J connectivity index is 0.00000576. The highest BCUT2D eigenvalue weighted by atomic mass is 127. The van der Waals surface area contributed by atoms with Crippen LogP contribution in [0.25, 0.3) is 0 Å². The van der Waals surface area contributed by atoms with Crippen molar-refractivity contribution in [3.05, 3.63) is 0 Å². The number of hydrogen-bond acceptors (Lipinski definition) is 3. The van der Waals surface area contributed by atoms with Crippen molar-refractivity contribution in [1.82, 2.24) is 16.0 Å². The lowest BCUT2D eigenvalue weighted by Gasteiger charge is -2.16. The molecular weight excluding hydrogens is 431 g/mol. The van der Waals surface area contributed by atoms with Gasteiger partial charge in [0.1, 0.15) is 0 Å². The molecule has 6 nitrogen and oxygen atoms in total. The first kappa shape index (κ1) is 24.4. The van der Waals surface area contributed by atoms with E-state index in [0.29, 0.717) is 31.5 Å². The van der Waals surface area contributed by atoms with Gasteiger partial charge in [0, 0.05) is 38.7 Å². The number of carbonyl (C=O) groups is 1. The summed E-state index contributed by atoms with van der Waals surface area (Å²) in [6.45, 7) is 6.48. The number of carbonyl (C=O) groups excluding carboxylic acids is 1. The second-order valence-corrected chi connectivity index (χ2v) is 6.61. The van der Waals surface area contributed by atoms with Gasteiger partial charge in [0.25, 0.3) is 0 Å². The molecule has 25 heavy (non-hydrogen) atoms. The van der Waals surface area contributed by atoms with Crippen molar-refractivity contribution in [1.29, 1.82) is 0 Å². The van der Waals surface area contributed by atoms with Crippen LogP contribution in [0.5, 0.6) is 0 Å². The van der Waals surface area contributed by atoms with Crippen molar-refractivity contribution >= 4 is 35.8 Å². The molecule has 1 saturated carbocycles. The number of rotatable bonds is 11. The standard InChI is InChI=1S/C18H36N4O2.HI/c1-3-7-15(11-13-23)14-21-18(19-4-2)20-12-10-17(24)22-16-8-5-6-9-16;/h15-16,23H,3-14H2,1-2H3,(H,22,24)(H2,19,20,21);1H. The molecule has 7 heteroatoms. The topological polar surface area (TPSA) is 85.8 Å². The molecule has 1 fully saturated rings. The van der Waals surface area contributed by atoms with E-state index in [4.69, 9.17) is 5.11 Å². The smallest absolute Gasteiger partial charge is 0.221 e.